The molecule has 2 aromatic carbocycles. The summed E-state index contributed by atoms with van der Waals surface area (Å²) in [6.45, 7) is 1.80. The fraction of sp³-hybridized carbons (Fsp3) is 0.167. The van der Waals surface area contributed by atoms with E-state index in [0.717, 1.165) is 15.9 Å². The van der Waals surface area contributed by atoms with Gasteiger partial charge in [-0.1, -0.05) is 53.9 Å². The Hall–Kier alpha value is -2.19. The quantitative estimate of drug-likeness (QED) is 0.474. The van der Waals surface area contributed by atoms with Gasteiger partial charge < -0.3 is 5.32 Å². The molecule has 3 rings (SSSR count). The van der Waals surface area contributed by atoms with E-state index in [9.17, 15) is 13.6 Å². The molecule has 1 heterocycles. The fourth-order valence-corrected chi connectivity index (χ4v) is 3.82. The predicted octanol–water partition coefficient (Wildman–Crippen LogP) is 4.98. The summed E-state index contributed by atoms with van der Waals surface area (Å²) in [6.07, 6.45) is 0. The number of nitrogens with one attached hydrogen (secondary N) is 1. The molecule has 0 fully saturated rings. The van der Waals surface area contributed by atoms with Crippen molar-refractivity contribution in [2.75, 3.05) is 11.1 Å². The number of nitrogens with zero attached hydrogens (tertiary/aromatic N) is 2. The van der Waals surface area contributed by atoms with Gasteiger partial charge in [-0.05, 0) is 25.1 Å². The molecule has 0 unspecified atom stereocenters. The van der Waals surface area contributed by atoms with E-state index in [0.29, 0.717) is 28.2 Å². The minimum atomic E-state index is -2.54. The maximum absolute atomic E-state index is 12.6. The van der Waals surface area contributed by atoms with Crippen LogP contribution < -0.4 is 5.32 Å². The molecule has 0 atom stereocenters. The van der Waals surface area contributed by atoms with E-state index in [1.165, 1.54) is 11.8 Å². The van der Waals surface area contributed by atoms with Gasteiger partial charge in [0.05, 0.1) is 17.0 Å². The van der Waals surface area contributed by atoms with Gasteiger partial charge in [0.25, 0.3) is 5.76 Å². The maximum atomic E-state index is 12.6. The van der Waals surface area contributed by atoms with Crippen LogP contribution >= 0.6 is 23.5 Å². The lowest BCUT2D eigenvalue weighted by Gasteiger charge is -2.10. The van der Waals surface area contributed by atoms with Crippen LogP contribution in [0, 0.1) is 6.92 Å². The van der Waals surface area contributed by atoms with Gasteiger partial charge in [0.2, 0.25) is 5.91 Å². The standard InChI is InChI=1S/C18H15F2N3OS2/c1-11-21-13-7-3-2-6-12(13)17(22-11)25-10-16(24)23-14-8-4-5-9-15(14)26-18(19)20/h2-9,18H,10H2,1H3,(H,23,24). The number of rotatable bonds is 6. The average Bonchev–Trinajstić information content (AvgIpc) is 2.61. The Balaban J connectivity index is 1.71. The minimum absolute atomic E-state index is 0.119. The highest BCUT2D eigenvalue weighted by molar-refractivity contribution is 8.00. The van der Waals surface area contributed by atoms with Crippen LogP contribution in [0.15, 0.2) is 58.5 Å². The molecule has 0 bridgehead atoms. The molecule has 3 aromatic rings. The zero-order valence-corrected chi connectivity index (χ0v) is 15.4. The zero-order valence-electron chi connectivity index (χ0n) is 13.8. The van der Waals surface area contributed by atoms with Crippen molar-refractivity contribution < 1.29 is 13.6 Å². The number of carbonyl (C=O) groups excluding carboxylic acids is 1. The van der Waals surface area contributed by atoms with E-state index >= 15 is 0 Å². The topological polar surface area (TPSA) is 54.9 Å². The number of amides is 1. The molecule has 0 saturated carbocycles. The van der Waals surface area contributed by atoms with Crippen LogP contribution in [0.1, 0.15) is 5.82 Å². The molecule has 0 aliphatic rings. The van der Waals surface area contributed by atoms with Gasteiger partial charge >= 0.3 is 0 Å². The Kier molecular flexibility index (Phi) is 6.05. The number of thioether (sulfide) groups is 2. The van der Waals surface area contributed by atoms with Gasteiger partial charge in [-0.3, -0.25) is 4.79 Å². The smallest absolute Gasteiger partial charge is 0.288 e. The molecule has 0 saturated heterocycles. The molecule has 8 heteroatoms. The number of fused-ring (bicyclic) bond motifs is 1. The fourth-order valence-electron chi connectivity index (χ4n) is 2.36. The third-order valence-electron chi connectivity index (χ3n) is 3.40. The summed E-state index contributed by atoms with van der Waals surface area (Å²) < 4.78 is 25.3. The van der Waals surface area contributed by atoms with Gasteiger partial charge in [0, 0.05) is 10.3 Å². The summed E-state index contributed by atoms with van der Waals surface area (Å²) >= 11 is 1.70. The Morgan fingerprint density at radius 3 is 2.65 bits per heavy atom. The Labute approximate surface area is 157 Å². The number of hydrogen-bond donors (Lipinski definition) is 1. The summed E-state index contributed by atoms with van der Waals surface area (Å²) in [5.74, 6) is -2.07. The molecule has 4 nitrogen and oxygen atoms in total. The molecular formula is C18H15F2N3OS2. The SMILES string of the molecule is Cc1nc(SCC(=O)Nc2ccccc2SC(F)F)c2ccccc2n1. The third kappa shape index (κ3) is 4.70. The van der Waals surface area contributed by atoms with Crippen LogP contribution in [0.25, 0.3) is 10.9 Å². The first-order chi connectivity index (χ1) is 12.5. The van der Waals surface area contributed by atoms with Gasteiger partial charge in [0.15, 0.2) is 0 Å². The van der Waals surface area contributed by atoms with Gasteiger partial charge in [-0.15, -0.1) is 0 Å². The van der Waals surface area contributed by atoms with Crippen LogP contribution in [0.4, 0.5) is 14.5 Å². The number of aryl methyl sites for hydroxylation is 1. The van der Waals surface area contributed by atoms with Crippen LogP contribution in [0.5, 0.6) is 0 Å². The Bertz CT molecular complexity index is 937. The number of aromatic nitrogens is 2. The number of halogens is 2. The first kappa shape index (κ1) is 18.6. The molecule has 1 N–H and O–H groups in total. The molecule has 134 valence electrons. The highest BCUT2D eigenvalue weighted by atomic mass is 32.2. The maximum Gasteiger partial charge on any atom is 0.288 e. The second-order valence-electron chi connectivity index (χ2n) is 5.30. The predicted molar refractivity (Wildman–Crippen MR) is 102 cm³/mol. The largest absolute Gasteiger partial charge is 0.324 e. The summed E-state index contributed by atoms with van der Waals surface area (Å²) in [4.78, 5) is 21.4. The van der Waals surface area contributed by atoms with E-state index < -0.39 is 5.76 Å². The van der Waals surface area contributed by atoms with E-state index in [2.05, 4.69) is 15.3 Å². The van der Waals surface area contributed by atoms with Gasteiger partial charge in [-0.25, -0.2) is 9.97 Å². The van der Waals surface area contributed by atoms with Crippen molar-refractivity contribution in [3.8, 4) is 0 Å². The van der Waals surface area contributed by atoms with Crippen LogP contribution in [0.2, 0.25) is 0 Å². The van der Waals surface area contributed by atoms with Gasteiger partial charge in [-0.2, -0.15) is 8.78 Å². The molecular weight excluding hydrogens is 376 g/mol. The number of alkyl halides is 2. The lowest BCUT2D eigenvalue weighted by molar-refractivity contribution is -0.113. The number of para-hydroxylation sites is 2. The third-order valence-corrected chi connectivity index (χ3v) is 5.18. The van der Waals surface area contributed by atoms with Crippen LogP contribution in [0.3, 0.4) is 0 Å². The molecule has 0 radical (unpaired) electrons. The van der Waals surface area contributed by atoms with Crippen LogP contribution in [-0.4, -0.2) is 27.4 Å². The second kappa shape index (κ2) is 8.46. The lowest BCUT2D eigenvalue weighted by Crippen LogP contribution is -2.15. The van der Waals surface area contributed by atoms with Crippen molar-refractivity contribution in [3.63, 3.8) is 0 Å². The van der Waals surface area contributed by atoms with Crippen molar-refractivity contribution in [3.05, 3.63) is 54.4 Å². The monoisotopic (exact) mass is 391 g/mol. The molecule has 26 heavy (non-hydrogen) atoms. The Morgan fingerprint density at radius 1 is 1.12 bits per heavy atom. The Morgan fingerprint density at radius 2 is 1.85 bits per heavy atom. The molecule has 0 aliphatic heterocycles. The highest BCUT2D eigenvalue weighted by Gasteiger charge is 2.13. The molecule has 0 spiro atoms. The summed E-state index contributed by atoms with van der Waals surface area (Å²) in [6, 6.07) is 14.1. The first-order valence-corrected chi connectivity index (χ1v) is 9.59. The lowest BCUT2D eigenvalue weighted by atomic mass is 10.2. The van der Waals surface area contributed by atoms with E-state index in [-0.39, 0.29) is 11.7 Å². The van der Waals surface area contributed by atoms with E-state index in [4.69, 9.17) is 0 Å². The number of hydrogen-bond acceptors (Lipinski definition) is 5. The van der Waals surface area contributed by atoms with Crippen molar-refractivity contribution in [2.45, 2.75) is 22.6 Å². The number of anilines is 1. The molecule has 0 aliphatic carbocycles. The van der Waals surface area contributed by atoms with Crippen LogP contribution in [-0.2, 0) is 4.79 Å². The first-order valence-electron chi connectivity index (χ1n) is 7.73. The summed E-state index contributed by atoms with van der Waals surface area (Å²) in [5, 5.41) is 4.29. The van der Waals surface area contributed by atoms with E-state index in [1.807, 2.05) is 24.3 Å². The zero-order chi connectivity index (χ0) is 18.5. The summed E-state index contributed by atoms with van der Waals surface area (Å²) in [5.41, 5.74) is 1.20. The molecule has 1 aromatic heterocycles. The highest BCUT2D eigenvalue weighted by Crippen LogP contribution is 2.32. The summed E-state index contributed by atoms with van der Waals surface area (Å²) in [7, 11) is 0. The number of carbonyl (C=O) groups is 1. The minimum Gasteiger partial charge on any atom is -0.324 e. The van der Waals surface area contributed by atoms with Crippen molar-refractivity contribution >= 4 is 46.0 Å². The van der Waals surface area contributed by atoms with Crippen molar-refractivity contribution in [2.24, 2.45) is 0 Å². The van der Waals surface area contributed by atoms with Gasteiger partial charge in [0.1, 0.15) is 10.9 Å². The normalized spacial score (nSPS) is 11.1. The number of benzene rings is 2. The van der Waals surface area contributed by atoms with Crippen molar-refractivity contribution in [1.29, 1.82) is 0 Å². The molecule has 1 amide bonds. The van der Waals surface area contributed by atoms with E-state index in [1.54, 1.807) is 31.2 Å². The second-order valence-corrected chi connectivity index (χ2v) is 7.30. The van der Waals surface area contributed by atoms with Crippen molar-refractivity contribution in [1.82, 2.24) is 9.97 Å². The average molecular weight is 391 g/mol.